The van der Waals surface area contributed by atoms with Crippen molar-refractivity contribution in [2.24, 2.45) is 0 Å². The second-order valence-electron chi connectivity index (χ2n) is 7.59. The minimum atomic E-state index is -3.60. The van der Waals surface area contributed by atoms with Gasteiger partial charge in [-0.15, -0.1) is 0 Å². The van der Waals surface area contributed by atoms with Crippen molar-refractivity contribution in [2.45, 2.75) is 51.0 Å². The minimum Gasteiger partial charge on any atom is -0.491 e. The standard InChI is InChI=1S/C22H28N2O4S/c1-16(2)28-20-11-9-19(10-12-20)23-22(25)18-8-7-17(3)21(15-18)29(26,27)24-13-5-4-6-14-24/h7-12,15-16H,4-6,13-14H2,1-3H3,(H,23,25). The van der Waals surface area contributed by atoms with E-state index in [2.05, 4.69) is 5.32 Å². The van der Waals surface area contributed by atoms with Crippen LogP contribution < -0.4 is 10.1 Å². The van der Waals surface area contributed by atoms with Crippen LogP contribution >= 0.6 is 0 Å². The van der Waals surface area contributed by atoms with Gasteiger partial charge in [-0.3, -0.25) is 4.79 Å². The Hall–Kier alpha value is -2.38. The molecule has 1 saturated heterocycles. The normalized spacial score (nSPS) is 15.3. The highest BCUT2D eigenvalue weighted by molar-refractivity contribution is 7.89. The molecular formula is C22H28N2O4S. The molecule has 1 heterocycles. The van der Waals surface area contributed by atoms with Crippen LogP contribution in [0.5, 0.6) is 5.75 Å². The number of anilines is 1. The molecule has 0 unspecified atom stereocenters. The van der Waals surface area contributed by atoms with E-state index in [0.29, 0.717) is 29.9 Å². The summed E-state index contributed by atoms with van der Waals surface area (Å²) >= 11 is 0. The van der Waals surface area contributed by atoms with E-state index < -0.39 is 10.0 Å². The van der Waals surface area contributed by atoms with Crippen LogP contribution in [0.25, 0.3) is 0 Å². The fourth-order valence-electron chi connectivity index (χ4n) is 3.36. The molecule has 1 N–H and O–H groups in total. The molecule has 0 aliphatic carbocycles. The predicted molar refractivity (Wildman–Crippen MR) is 114 cm³/mol. The van der Waals surface area contributed by atoms with Gasteiger partial charge in [-0.25, -0.2) is 8.42 Å². The summed E-state index contributed by atoms with van der Waals surface area (Å²) < 4.78 is 33.2. The van der Waals surface area contributed by atoms with Crippen LogP contribution in [-0.2, 0) is 10.0 Å². The Morgan fingerprint density at radius 2 is 1.69 bits per heavy atom. The quantitative estimate of drug-likeness (QED) is 0.765. The van der Waals surface area contributed by atoms with E-state index >= 15 is 0 Å². The topological polar surface area (TPSA) is 75.7 Å². The van der Waals surface area contributed by atoms with Gasteiger partial charge >= 0.3 is 0 Å². The van der Waals surface area contributed by atoms with E-state index in [1.165, 1.54) is 10.4 Å². The summed E-state index contributed by atoms with van der Waals surface area (Å²) in [6.07, 6.45) is 2.86. The lowest BCUT2D eigenvalue weighted by Crippen LogP contribution is -2.36. The number of benzene rings is 2. The summed E-state index contributed by atoms with van der Waals surface area (Å²) in [6, 6.07) is 11.9. The van der Waals surface area contributed by atoms with Gasteiger partial charge in [-0.1, -0.05) is 12.5 Å². The molecule has 0 aromatic heterocycles. The van der Waals surface area contributed by atoms with Crippen molar-refractivity contribution in [1.29, 1.82) is 0 Å². The molecule has 0 atom stereocenters. The third kappa shape index (κ3) is 5.16. The Kier molecular flexibility index (Phi) is 6.59. The van der Waals surface area contributed by atoms with E-state index in [0.717, 1.165) is 25.0 Å². The molecule has 1 amide bonds. The summed E-state index contributed by atoms with van der Waals surface area (Å²) in [6.45, 7) is 6.71. The smallest absolute Gasteiger partial charge is 0.255 e. The highest BCUT2D eigenvalue weighted by Gasteiger charge is 2.28. The number of hydrogen-bond donors (Lipinski definition) is 1. The summed E-state index contributed by atoms with van der Waals surface area (Å²) in [5, 5.41) is 2.81. The van der Waals surface area contributed by atoms with Gasteiger partial charge in [0.2, 0.25) is 10.0 Å². The number of aryl methyl sites for hydroxylation is 1. The lowest BCUT2D eigenvalue weighted by atomic mass is 10.1. The number of nitrogens with one attached hydrogen (secondary N) is 1. The molecule has 7 heteroatoms. The SMILES string of the molecule is Cc1ccc(C(=O)Nc2ccc(OC(C)C)cc2)cc1S(=O)(=O)N1CCCCC1. The largest absolute Gasteiger partial charge is 0.491 e. The van der Waals surface area contributed by atoms with Gasteiger partial charge in [0.25, 0.3) is 5.91 Å². The fraction of sp³-hybridized carbons (Fsp3) is 0.409. The number of carbonyl (C=O) groups excluding carboxylic acids is 1. The number of rotatable bonds is 6. The van der Waals surface area contributed by atoms with Crippen molar-refractivity contribution in [1.82, 2.24) is 4.31 Å². The molecule has 29 heavy (non-hydrogen) atoms. The fourth-order valence-corrected chi connectivity index (χ4v) is 5.12. The van der Waals surface area contributed by atoms with Crippen molar-refractivity contribution in [3.63, 3.8) is 0 Å². The zero-order valence-electron chi connectivity index (χ0n) is 17.1. The van der Waals surface area contributed by atoms with Crippen molar-refractivity contribution in [2.75, 3.05) is 18.4 Å². The molecule has 156 valence electrons. The predicted octanol–water partition coefficient (Wildman–Crippen LogP) is 4.21. The second-order valence-corrected chi connectivity index (χ2v) is 9.50. The molecule has 1 fully saturated rings. The van der Waals surface area contributed by atoms with Crippen LogP contribution in [0, 0.1) is 6.92 Å². The zero-order chi connectivity index (χ0) is 21.0. The van der Waals surface area contributed by atoms with Crippen molar-refractivity contribution in [3.8, 4) is 5.75 Å². The second kappa shape index (κ2) is 8.97. The number of nitrogens with zero attached hydrogens (tertiary/aromatic N) is 1. The Morgan fingerprint density at radius 1 is 1.03 bits per heavy atom. The van der Waals surface area contributed by atoms with Crippen LogP contribution in [0.4, 0.5) is 5.69 Å². The zero-order valence-corrected chi connectivity index (χ0v) is 18.0. The average Bonchev–Trinajstić information content (AvgIpc) is 2.70. The van der Waals surface area contributed by atoms with Gasteiger partial charge in [0.15, 0.2) is 0 Å². The molecule has 6 nitrogen and oxygen atoms in total. The average molecular weight is 417 g/mol. The monoisotopic (exact) mass is 416 g/mol. The van der Waals surface area contributed by atoms with Crippen molar-refractivity contribution < 1.29 is 17.9 Å². The Morgan fingerprint density at radius 3 is 2.31 bits per heavy atom. The van der Waals surface area contributed by atoms with E-state index in [4.69, 9.17) is 4.74 Å². The summed E-state index contributed by atoms with van der Waals surface area (Å²) in [5.41, 5.74) is 1.57. The summed E-state index contributed by atoms with van der Waals surface area (Å²) in [7, 11) is -3.60. The third-order valence-electron chi connectivity index (χ3n) is 4.87. The van der Waals surface area contributed by atoms with E-state index in [1.807, 2.05) is 13.8 Å². The number of hydrogen-bond acceptors (Lipinski definition) is 4. The number of carbonyl (C=O) groups is 1. The lowest BCUT2D eigenvalue weighted by molar-refractivity contribution is 0.102. The molecule has 1 aliphatic rings. The Balaban J connectivity index is 1.79. The first kappa shape index (κ1) is 21.3. The highest BCUT2D eigenvalue weighted by Crippen LogP contribution is 2.25. The molecule has 1 aliphatic heterocycles. The van der Waals surface area contributed by atoms with Gasteiger partial charge in [0.05, 0.1) is 11.0 Å². The number of piperidine rings is 1. The van der Waals surface area contributed by atoms with E-state index in [1.54, 1.807) is 43.3 Å². The summed E-state index contributed by atoms with van der Waals surface area (Å²) in [5.74, 6) is 0.376. The maximum absolute atomic E-state index is 13.0. The van der Waals surface area contributed by atoms with Crippen molar-refractivity contribution >= 4 is 21.6 Å². The van der Waals surface area contributed by atoms with Gasteiger partial charge in [-0.05, 0) is 75.6 Å². The van der Waals surface area contributed by atoms with Gasteiger partial charge in [-0.2, -0.15) is 4.31 Å². The number of ether oxygens (including phenoxy) is 1. The Bertz CT molecular complexity index is 963. The molecule has 2 aromatic rings. The number of amides is 1. The first-order valence-electron chi connectivity index (χ1n) is 9.96. The Labute approximate surface area is 172 Å². The molecule has 0 spiro atoms. The van der Waals surface area contributed by atoms with E-state index in [-0.39, 0.29) is 16.9 Å². The molecular weight excluding hydrogens is 388 g/mol. The van der Waals surface area contributed by atoms with Gasteiger partial charge in [0.1, 0.15) is 5.75 Å². The van der Waals surface area contributed by atoms with Crippen molar-refractivity contribution in [3.05, 3.63) is 53.6 Å². The number of sulfonamides is 1. The lowest BCUT2D eigenvalue weighted by Gasteiger charge is -2.26. The highest BCUT2D eigenvalue weighted by atomic mass is 32.2. The maximum atomic E-state index is 13.0. The van der Waals surface area contributed by atoms with Crippen LogP contribution in [0.2, 0.25) is 0 Å². The maximum Gasteiger partial charge on any atom is 0.255 e. The summed E-state index contributed by atoms with van der Waals surface area (Å²) in [4.78, 5) is 12.9. The van der Waals surface area contributed by atoms with Gasteiger partial charge < -0.3 is 10.1 Å². The minimum absolute atomic E-state index is 0.0725. The van der Waals surface area contributed by atoms with Crippen LogP contribution in [0.1, 0.15) is 49.0 Å². The van der Waals surface area contributed by atoms with Crippen LogP contribution in [0.3, 0.4) is 0 Å². The van der Waals surface area contributed by atoms with Crippen LogP contribution in [0.15, 0.2) is 47.4 Å². The molecule has 3 rings (SSSR count). The molecule has 0 bridgehead atoms. The van der Waals surface area contributed by atoms with E-state index in [9.17, 15) is 13.2 Å². The molecule has 0 saturated carbocycles. The molecule has 0 radical (unpaired) electrons. The molecule has 2 aromatic carbocycles. The first-order chi connectivity index (χ1) is 13.8. The van der Waals surface area contributed by atoms with Crippen LogP contribution in [-0.4, -0.2) is 37.8 Å². The third-order valence-corrected chi connectivity index (χ3v) is 6.91. The van der Waals surface area contributed by atoms with Gasteiger partial charge in [0, 0.05) is 24.3 Å². The first-order valence-corrected chi connectivity index (χ1v) is 11.4.